The Bertz CT molecular complexity index is 3140. The number of benzene rings is 4. The van der Waals surface area contributed by atoms with Gasteiger partial charge < -0.3 is 99.7 Å². The molecule has 4 aromatic carbocycles. The molecule has 0 saturated carbocycles. The van der Waals surface area contributed by atoms with Crippen molar-refractivity contribution in [3.05, 3.63) is 95.1 Å². The van der Waals surface area contributed by atoms with E-state index >= 15 is 0 Å². The van der Waals surface area contributed by atoms with Crippen molar-refractivity contribution in [3.8, 4) is 23.0 Å². The first-order chi connectivity index (χ1) is 40.5. The molecule has 0 aromatic heterocycles. The Morgan fingerprint density at radius 3 is 0.953 bits per heavy atom. The monoisotopic (exact) mass is 1180 g/mol. The normalized spacial score (nSPS) is 11.5. The van der Waals surface area contributed by atoms with Crippen molar-refractivity contribution in [1.29, 1.82) is 16.2 Å². The van der Waals surface area contributed by atoms with Crippen molar-refractivity contribution in [2.24, 2.45) is 17.2 Å². The second-order valence-electron chi connectivity index (χ2n) is 18.4. The van der Waals surface area contributed by atoms with Crippen LogP contribution in [0.4, 0.5) is 22.7 Å². The van der Waals surface area contributed by atoms with Crippen LogP contribution in [0.5, 0.6) is 23.0 Å². The molecule has 456 valence electrons. The summed E-state index contributed by atoms with van der Waals surface area (Å²) in [6.45, 7) is 1.02. The maximum atomic E-state index is 14.3. The number of nitrogens with one attached hydrogen (secondary N) is 14. The summed E-state index contributed by atoms with van der Waals surface area (Å²) in [6.07, 6.45) is 0.589. The number of hydrogen-bond acceptors (Lipinski definition) is 16. The second-order valence-corrected chi connectivity index (χ2v) is 18.4. The van der Waals surface area contributed by atoms with Gasteiger partial charge in [-0.1, -0.05) is 0 Å². The number of guanidine groups is 3. The molecule has 31 heteroatoms. The highest BCUT2D eigenvalue weighted by molar-refractivity contribution is 6.08. The van der Waals surface area contributed by atoms with Crippen LogP contribution in [-0.4, -0.2) is 149 Å². The molecule has 0 aliphatic carbocycles. The van der Waals surface area contributed by atoms with Crippen molar-refractivity contribution in [2.45, 2.75) is 63.6 Å². The summed E-state index contributed by atoms with van der Waals surface area (Å²) in [7, 11) is 5.21. The Kier molecular flexibility index (Phi) is 26.0. The van der Waals surface area contributed by atoms with E-state index in [4.69, 9.17) is 57.5 Å². The highest BCUT2D eigenvalue weighted by Crippen LogP contribution is 2.28. The zero-order valence-electron chi connectivity index (χ0n) is 47.2. The summed E-state index contributed by atoms with van der Waals surface area (Å²) >= 11 is 0. The molecule has 0 bridgehead atoms. The maximum Gasteiger partial charge on any atom is 0.322 e. The Morgan fingerprint density at radius 2 is 0.706 bits per heavy atom. The average molecular weight is 1180 g/mol. The number of ether oxygens (including phenoxy) is 4. The number of carboxylic acid groups (broad SMARTS) is 1. The lowest BCUT2D eigenvalue weighted by molar-refractivity contribution is -0.135. The third-order valence-corrected chi connectivity index (χ3v) is 12.1. The van der Waals surface area contributed by atoms with Gasteiger partial charge in [0.1, 0.15) is 47.7 Å². The molecular formula is C54H71N17O14. The molecule has 31 nitrogen and oxygen atoms in total. The minimum Gasteiger partial charge on any atom is -0.496 e. The summed E-state index contributed by atoms with van der Waals surface area (Å²) in [5.41, 5.74) is 16.5. The van der Waals surface area contributed by atoms with E-state index in [1.165, 1.54) is 108 Å². The van der Waals surface area contributed by atoms with E-state index < -0.39 is 77.9 Å². The van der Waals surface area contributed by atoms with Gasteiger partial charge in [0, 0.05) is 49.3 Å². The zero-order chi connectivity index (χ0) is 62.8. The number of rotatable bonds is 32. The molecule has 0 aliphatic heterocycles. The van der Waals surface area contributed by atoms with Crippen molar-refractivity contribution in [1.82, 2.24) is 37.2 Å². The standard InChI is InChI=1S/C54H71N17O14/c1-28(72)65-29-12-16-41(83-3)34(23-29)46(76)69-38(10-7-21-62-53(57)58)50(80)67-31-14-18-43(85-5)36(25-31)48(78)71-39(11-8-22-63-54(59)60)51(81)68-32-15-19-42(84-4)35(26-32)47(77)70-37(9-6-20-61-52(55)56)49(79)66-30-13-17-40(82-2)33(24-30)45(75)64-27-44(73)74/h12-19,23-26,37-39H,6-11,20-22,27H2,1-5H3,(H,64,75)(H,65,72)(H,66,79)(H,67,80)(H,68,81)(H,69,76)(H,70,77)(H,71,78)(H,73,74)(H4,55,56,61)(H4,57,58,62)(H4,59,60,63)/t37-,38-,39-/m1/s1. The molecule has 85 heavy (non-hydrogen) atoms. The number of hydrogen-bond donors (Lipinski definition) is 18. The fraction of sp³-hybridized carbons (Fsp3) is 0.333. The first kappa shape index (κ1) is 66.6. The average Bonchev–Trinajstić information content (AvgIpc) is 3.67. The van der Waals surface area contributed by atoms with Crippen molar-refractivity contribution in [3.63, 3.8) is 0 Å². The van der Waals surface area contributed by atoms with Crippen LogP contribution in [0.15, 0.2) is 72.8 Å². The Balaban J connectivity index is 1.61. The van der Waals surface area contributed by atoms with Crippen molar-refractivity contribution >= 4 is 93.9 Å². The van der Waals surface area contributed by atoms with Crippen molar-refractivity contribution < 1.29 is 67.2 Å². The Labute approximate surface area is 487 Å². The quantitative estimate of drug-likeness (QED) is 0.0180. The second kappa shape index (κ2) is 33.1. The minimum atomic E-state index is -1.33. The van der Waals surface area contributed by atoms with Gasteiger partial charge in [-0.3, -0.25) is 59.4 Å². The lowest BCUT2D eigenvalue weighted by Gasteiger charge is -2.22. The summed E-state index contributed by atoms with van der Waals surface area (Å²) in [5, 5.41) is 60.5. The largest absolute Gasteiger partial charge is 0.496 e. The smallest absolute Gasteiger partial charge is 0.322 e. The summed E-state index contributed by atoms with van der Waals surface area (Å²) < 4.78 is 21.6. The topological polar surface area (TPSA) is 493 Å². The third kappa shape index (κ3) is 21.5. The molecular weight excluding hydrogens is 1110 g/mol. The number of carbonyl (C=O) groups excluding carboxylic acids is 8. The fourth-order valence-corrected chi connectivity index (χ4v) is 8.10. The van der Waals surface area contributed by atoms with Crippen LogP contribution < -0.4 is 94.6 Å². The van der Waals surface area contributed by atoms with Crippen LogP contribution in [-0.2, 0) is 24.0 Å². The van der Waals surface area contributed by atoms with Crippen molar-refractivity contribution in [2.75, 3.05) is 75.9 Å². The number of amides is 8. The van der Waals surface area contributed by atoms with Gasteiger partial charge in [0.2, 0.25) is 23.6 Å². The molecule has 0 spiro atoms. The number of carbonyl (C=O) groups is 9. The van der Waals surface area contributed by atoms with Gasteiger partial charge in [0.05, 0.1) is 50.7 Å². The highest BCUT2D eigenvalue weighted by atomic mass is 16.5. The molecule has 0 radical (unpaired) electrons. The predicted octanol–water partition coefficient (Wildman–Crippen LogP) is 0.495. The molecule has 0 unspecified atom stereocenters. The minimum absolute atomic E-state index is 0.000550. The number of methoxy groups -OCH3 is 4. The van der Waals surface area contributed by atoms with Crippen LogP contribution in [0.2, 0.25) is 0 Å². The molecule has 4 aromatic rings. The van der Waals surface area contributed by atoms with Gasteiger partial charge in [-0.15, -0.1) is 0 Å². The summed E-state index contributed by atoms with van der Waals surface area (Å²) in [6, 6.07) is 12.7. The van der Waals surface area contributed by atoms with Crippen LogP contribution >= 0.6 is 0 Å². The van der Waals surface area contributed by atoms with Crippen LogP contribution in [0, 0.1) is 16.2 Å². The van der Waals surface area contributed by atoms with Crippen LogP contribution in [0.1, 0.15) is 86.9 Å². The molecule has 0 heterocycles. The fourth-order valence-electron chi connectivity index (χ4n) is 8.10. The van der Waals surface area contributed by atoms with Gasteiger partial charge in [0.25, 0.3) is 23.6 Å². The lowest BCUT2D eigenvalue weighted by atomic mass is 10.1. The molecule has 8 amide bonds. The maximum absolute atomic E-state index is 14.3. The molecule has 0 fully saturated rings. The Hall–Kier alpha value is -10.9. The van der Waals surface area contributed by atoms with E-state index in [2.05, 4.69) is 58.5 Å². The van der Waals surface area contributed by atoms with Gasteiger partial charge in [-0.2, -0.15) is 0 Å². The van der Waals surface area contributed by atoms with E-state index in [0.717, 1.165) is 0 Å². The lowest BCUT2D eigenvalue weighted by Crippen LogP contribution is -2.45. The first-order valence-corrected chi connectivity index (χ1v) is 26.1. The summed E-state index contributed by atoms with van der Waals surface area (Å²) in [4.78, 5) is 120. The Morgan fingerprint density at radius 1 is 0.435 bits per heavy atom. The van der Waals surface area contributed by atoms with Gasteiger partial charge in [0.15, 0.2) is 17.9 Å². The summed E-state index contributed by atoms with van der Waals surface area (Å²) in [5.74, 6) is -7.89. The molecule has 4 rings (SSSR count). The molecule has 0 aliphatic rings. The number of anilines is 4. The number of carboxylic acids is 1. The van der Waals surface area contributed by atoms with Crippen LogP contribution in [0.25, 0.3) is 0 Å². The number of nitrogens with two attached hydrogens (primary N) is 3. The van der Waals surface area contributed by atoms with Crippen LogP contribution in [0.3, 0.4) is 0 Å². The zero-order valence-corrected chi connectivity index (χ0v) is 47.2. The first-order valence-electron chi connectivity index (χ1n) is 26.1. The van der Waals surface area contributed by atoms with Gasteiger partial charge in [-0.25, -0.2) is 0 Å². The highest BCUT2D eigenvalue weighted by Gasteiger charge is 2.29. The van der Waals surface area contributed by atoms with E-state index in [-0.39, 0.29) is 144 Å². The van der Waals surface area contributed by atoms with E-state index in [9.17, 15) is 43.2 Å². The van der Waals surface area contributed by atoms with Gasteiger partial charge in [-0.05, 0) is 111 Å². The van der Waals surface area contributed by atoms with E-state index in [0.29, 0.717) is 0 Å². The van der Waals surface area contributed by atoms with Gasteiger partial charge >= 0.3 is 5.97 Å². The number of aliphatic carboxylic acids is 1. The van der Waals surface area contributed by atoms with E-state index in [1.54, 1.807) is 0 Å². The van der Waals surface area contributed by atoms with E-state index in [1.807, 2.05) is 0 Å². The molecule has 21 N–H and O–H groups in total. The molecule has 0 saturated heterocycles. The predicted molar refractivity (Wildman–Crippen MR) is 313 cm³/mol. The SMILES string of the molecule is COc1ccc(NC(=O)[C@@H](CCCNC(=N)N)NC(=O)c2cc(NC(=O)[C@@H](CCCNC(=N)N)NC(=O)c3cc(NC(=O)[C@@H](CCCNC(=N)N)NC(=O)c4cc(NC(C)=O)ccc4OC)ccc3OC)ccc2OC)cc1C(=O)NCC(=O)O. The third-order valence-electron chi connectivity index (χ3n) is 12.1. The molecule has 3 atom stereocenters.